The summed E-state index contributed by atoms with van der Waals surface area (Å²) in [6, 6.07) is 4.26. The minimum Gasteiger partial charge on any atom is -0.484 e. The highest BCUT2D eigenvalue weighted by Gasteiger charge is 2.52. The van der Waals surface area contributed by atoms with Gasteiger partial charge in [0.25, 0.3) is 5.91 Å². The lowest BCUT2D eigenvalue weighted by atomic mass is 9.95. The van der Waals surface area contributed by atoms with Gasteiger partial charge in [0, 0.05) is 13.5 Å². The molecule has 2 heterocycles. The van der Waals surface area contributed by atoms with Crippen LogP contribution in [0.5, 0.6) is 5.75 Å². The van der Waals surface area contributed by atoms with Crippen molar-refractivity contribution in [1.29, 1.82) is 0 Å². The molecule has 2 fully saturated rings. The molecule has 1 aromatic carbocycles. The van der Waals surface area contributed by atoms with Crippen molar-refractivity contribution in [1.82, 2.24) is 10.6 Å². The number of aliphatic hydroxyl groups is 9. The largest absolute Gasteiger partial charge is 0.484 e. The summed E-state index contributed by atoms with van der Waals surface area (Å²) in [5.74, 6) is -2.11. The van der Waals surface area contributed by atoms with Crippen LogP contribution in [0, 0.1) is 0 Å². The van der Waals surface area contributed by atoms with Gasteiger partial charge >= 0.3 is 5.97 Å². The molecule has 12 unspecified atom stereocenters. The average molecular weight is 797 g/mol. The van der Waals surface area contributed by atoms with Gasteiger partial charge in [-0.1, -0.05) is 6.07 Å². The van der Waals surface area contributed by atoms with Crippen molar-refractivity contribution in [3.05, 3.63) is 29.8 Å². The van der Waals surface area contributed by atoms with Crippen molar-refractivity contribution in [3.8, 4) is 5.75 Å². The van der Waals surface area contributed by atoms with Crippen molar-refractivity contribution in [3.63, 3.8) is 0 Å². The van der Waals surface area contributed by atoms with Crippen LogP contribution in [-0.2, 0) is 38.0 Å². The molecule has 314 valence electrons. The van der Waals surface area contributed by atoms with E-state index < -0.39 is 137 Å². The van der Waals surface area contributed by atoms with E-state index in [4.69, 9.17) is 38.3 Å². The van der Waals surface area contributed by atoms with Crippen molar-refractivity contribution in [2.45, 2.75) is 106 Å². The normalized spacial score (nSPS) is 30.5. The van der Waals surface area contributed by atoms with Gasteiger partial charge < -0.3 is 94.9 Å². The summed E-state index contributed by atoms with van der Waals surface area (Å²) in [6.07, 6.45) is -21.1. The molecule has 14 atom stereocenters. The standard InChI is InChI=1S/C33H52N2O20/c1-15(40)20(11-37)51-31(19(42)10-36)55-29-25(44)21(12-38)52-33(27(29)46)54-28-22(13-39)53-32(24(26(28)45)35-16(2)41)49-8-4-7-34-23(43)14-50-18-6-3-5-17(9-18)30(47)48/h3,5-6,9,15,19-22,24-29,31-33,36-40,42,44-46H,4,7-8,10-14H2,1-2H3,(H,34,43)(H,35,41)(H,47,48)/t15-,19+,20?,21?,22?,24?,25?,26?,27?,28?,29?,31?,32?,33?/m1/s1. The molecule has 2 aliphatic heterocycles. The summed E-state index contributed by atoms with van der Waals surface area (Å²) in [7, 11) is 0. The molecule has 12 N–H and O–H groups in total. The van der Waals surface area contributed by atoms with Gasteiger partial charge in [0.1, 0.15) is 66.7 Å². The van der Waals surface area contributed by atoms with E-state index in [9.17, 15) is 60.3 Å². The molecule has 0 saturated carbocycles. The van der Waals surface area contributed by atoms with Crippen molar-refractivity contribution in [2.24, 2.45) is 0 Å². The van der Waals surface area contributed by atoms with E-state index in [1.165, 1.54) is 31.2 Å². The zero-order valence-electron chi connectivity index (χ0n) is 30.1. The fourth-order valence-electron chi connectivity index (χ4n) is 5.60. The second kappa shape index (κ2) is 22.5. The van der Waals surface area contributed by atoms with E-state index >= 15 is 0 Å². The Morgan fingerprint density at radius 1 is 0.909 bits per heavy atom. The second-order valence-electron chi connectivity index (χ2n) is 12.8. The predicted octanol–water partition coefficient (Wildman–Crippen LogP) is -5.48. The van der Waals surface area contributed by atoms with Gasteiger partial charge in [0.15, 0.2) is 25.5 Å². The first-order chi connectivity index (χ1) is 26.1. The first-order valence-electron chi connectivity index (χ1n) is 17.4. The minimum atomic E-state index is -1.98. The van der Waals surface area contributed by atoms with Crippen molar-refractivity contribution in [2.75, 3.05) is 46.2 Å². The summed E-state index contributed by atoms with van der Waals surface area (Å²) in [4.78, 5) is 35.5. The zero-order chi connectivity index (χ0) is 40.8. The molecular formula is C33H52N2O20. The van der Waals surface area contributed by atoms with Gasteiger partial charge in [-0.15, -0.1) is 0 Å². The maximum atomic E-state index is 12.2. The quantitative estimate of drug-likeness (QED) is 0.0385. The fraction of sp³-hybridized carbons (Fsp3) is 0.727. The maximum Gasteiger partial charge on any atom is 0.335 e. The molecule has 55 heavy (non-hydrogen) atoms. The topological polar surface area (TPSA) is 342 Å². The Labute approximate surface area is 315 Å². The highest BCUT2D eigenvalue weighted by Crippen LogP contribution is 2.31. The van der Waals surface area contributed by atoms with E-state index in [2.05, 4.69) is 10.6 Å². The van der Waals surface area contributed by atoms with Gasteiger partial charge in [-0.05, 0) is 31.5 Å². The lowest BCUT2D eigenvalue weighted by molar-refractivity contribution is -0.366. The van der Waals surface area contributed by atoms with Crippen LogP contribution in [0.25, 0.3) is 0 Å². The molecule has 2 saturated heterocycles. The monoisotopic (exact) mass is 796 g/mol. The van der Waals surface area contributed by atoms with Crippen LogP contribution < -0.4 is 15.4 Å². The molecule has 0 aliphatic carbocycles. The smallest absolute Gasteiger partial charge is 0.335 e. The van der Waals surface area contributed by atoms with Crippen LogP contribution in [-0.4, -0.2) is 201 Å². The average Bonchev–Trinajstić information content (AvgIpc) is 3.16. The van der Waals surface area contributed by atoms with Crippen LogP contribution in [0.15, 0.2) is 24.3 Å². The molecule has 1 aromatic rings. The van der Waals surface area contributed by atoms with Gasteiger partial charge in [-0.2, -0.15) is 0 Å². The van der Waals surface area contributed by atoms with Gasteiger partial charge in [0.05, 0.1) is 44.7 Å². The Bertz CT molecular complexity index is 1340. The molecular weight excluding hydrogens is 744 g/mol. The molecule has 2 amide bonds. The number of carboxylic acid groups (broad SMARTS) is 1. The Balaban J connectivity index is 1.65. The SMILES string of the molecule is CC(=O)NC1C(OCCCNC(=O)COc2cccc(C(=O)O)c2)OC(CO)C(OC2OC(CO)C(O)C(OC(OC(CO)[C@@H](C)O)[C@@H](O)CO)C2O)C1O. The molecule has 0 bridgehead atoms. The Kier molecular flexibility index (Phi) is 18.9. The van der Waals surface area contributed by atoms with Crippen LogP contribution >= 0.6 is 0 Å². The molecule has 22 nitrogen and oxygen atoms in total. The van der Waals surface area contributed by atoms with Crippen molar-refractivity contribution >= 4 is 17.8 Å². The number of carbonyl (C=O) groups excluding carboxylic acids is 2. The number of carboxylic acids is 1. The van der Waals surface area contributed by atoms with Crippen molar-refractivity contribution < 1.29 is 98.6 Å². The van der Waals surface area contributed by atoms with E-state index in [0.29, 0.717) is 0 Å². The highest BCUT2D eigenvalue weighted by molar-refractivity contribution is 5.88. The van der Waals surface area contributed by atoms with Gasteiger partial charge in [-0.25, -0.2) is 4.79 Å². The summed E-state index contributed by atoms with van der Waals surface area (Å²) in [5.41, 5.74) is -0.0125. The number of amides is 2. The highest BCUT2D eigenvalue weighted by atomic mass is 16.8. The third kappa shape index (κ3) is 13.2. The Morgan fingerprint density at radius 3 is 2.20 bits per heavy atom. The summed E-state index contributed by atoms with van der Waals surface area (Å²) >= 11 is 0. The second-order valence-corrected chi connectivity index (χ2v) is 12.8. The van der Waals surface area contributed by atoms with Crippen LogP contribution in [0.3, 0.4) is 0 Å². The maximum absolute atomic E-state index is 12.2. The van der Waals surface area contributed by atoms with E-state index in [1.807, 2.05) is 0 Å². The third-order valence-corrected chi connectivity index (χ3v) is 8.53. The predicted molar refractivity (Wildman–Crippen MR) is 180 cm³/mol. The number of benzene rings is 1. The first-order valence-corrected chi connectivity index (χ1v) is 17.4. The number of hydrogen-bond acceptors (Lipinski definition) is 19. The van der Waals surface area contributed by atoms with Crippen LogP contribution in [0.2, 0.25) is 0 Å². The lowest BCUT2D eigenvalue weighted by Crippen LogP contribution is -2.68. The number of rotatable bonds is 22. The lowest BCUT2D eigenvalue weighted by Gasteiger charge is -2.48. The third-order valence-electron chi connectivity index (χ3n) is 8.53. The minimum absolute atomic E-state index is 0.0125. The number of nitrogens with one attached hydrogen (secondary N) is 2. The zero-order valence-corrected chi connectivity index (χ0v) is 30.1. The molecule has 0 aromatic heterocycles. The number of ether oxygens (including phenoxy) is 7. The molecule has 0 spiro atoms. The first kappa shape index (κ1) is 46.2. The molecule has 2 aliphatic rings. The van der Waals surface area contributed by atoms with Gasteiger partial charge in [0.2, 0.25) is 5.91 Å². The fourth-order valence-corrected chi connectivity index (χ4v) is 5.60. The van der Waals surface area contributed by atoms with Crippen LogP contribution in [0.1, 0.15) is 30.6 Å². The Morgan fingerprint density at radius 2 is 1.60 bits per heavy atom. The molecule has 3 rings (SSSR count). The van der Waals surface area contributed by atoms with E-state index in [-0.39, 0.29) is 30.9 Å². The van der Waals surface area contributed by atoms with Crippen LogP contribution in [0.4, 0.5) is 0 Å². The Hall–Kier alpha value is -3.17. The number of carbonyl (C=O) groups is 3. The number of aliphatic hydroxyl groups excluding tert-OH is 9. The number of aromatic carboxylic acids is 1. The van der Waals surface area contributed by atoms with E-state index in [0.717, 1.165) is 6.92 Å². The molecule has 22 heteroatoms. The van der Waals surface area contributed by atoms with E-state index in [1.54, 1.807) is 0 Å². The summed E-state index contributed by atoms with van der Waals surface area (Å²) < 4.78 is 39.3. The summed E-state index contributed by atoms with van der Waals surface area (Å²) in [6.45, 7) is -1.34. The molecule has 0 radical (unpaired) electrons. The number of hydrogen-bond donors (Lipinski definition) is 12. The summed E-state index contributed by atoms with van der Waals surface area (Å²) in [5, 5.41) is 107. The van der Waals surface area contributed by atoms with Gasteiger partial charge in [-0.3, -0.25) is 9.59 Å².